The van der Waals surface area contributed by atoms with Gasteiger partial charge in [-0.1, -0.05) is 32.8 Å². The molecule has 0 unspecified atom stereocenters. The van der Waals surface area contributed by atoms with Gasteiger partial charge < -0.3 is 23.8 Å². The molecule has 0 bridgehead atoms. The fraction of sp³-hybridized carbons (Fsp3) is 0.577. The van der Waals surface area contributed by atoms with Crippen molar-refractivity contribution in [2.75, 3.05) is 44.4 Å². The highest BCUT2D eigenvalue weighted by Crippen LogP contribution is 2.36. The molecule has 4 rings (SSSR count). The minimum absolute atomic E-state index is 0.250. The van der Waals surface area contributed by atoms with Gasteiger partial charge in [0.15, 0.2) is 5.79 Å². The molecule has 2 aliphatic rings. The van der Waals surface area contributed by atoms with E-state index in [-0.39, 0.29) is 5.82 Å². The summed E-state index contributed by atoms with van der Waals surface area (Å²) in [5.74, 6) is 0.304. The number of benzene rings is 1. The van der Waals surface area contributed by atoms with Crippen molar-refractivity contribution < 1.29 is 23.3 Å². The first-order chi connectivity index (χ1) is 16.1. The second-order valence-electron chi connectivity index (χ2n) is 8.67. The largest absolute Gasteiger partial charge is 0.478 e. The molecule has 2 fully saturated rings. The highest BCUT2D eigenvalue weighted by molar-refractivity contribution is 5.71. The number of pyridine rings is 1. The molecule has 1 aromatic heterocycles. The Morgan fingerprint density at radius 1 is 0.970 bits per heavy atom. The zero-order valence-corrected chi connectivity index (χ0v) is 19.8. The number of rotatable bonds is 10. The quantitative estimate of drug-likeness (QED) is 0.433. The Kier molecular flexibility index (Phi) is 8.04. The number of ether oxygens (including phenoxy) is 4. The molecular weight excluding hydrogens is 423 g/mol. The molecule has 0 atom stereocenters. The second-order valence-corrected chi connectivity index (χ2v) is 8.67. The molecular formula is C26H35FN2O4. The molecule has 180 valence electrons. The van der Waals surface area contributed by atoms with Gasteiger partial charge in [-0.15, -0.1) is 0 Å². The normalized spacial score (nSPS) is 17.5. The summed E-state index contributed by atoms with van der Waals surface area (Å²) in [6.45, 7) is 8.10. The number of unbranched alkanes of at least 4 members (excludes halogenated alkanes) is 2. The second kappa shape index (κ2) is 11.2. The number of hydrogen-bond donors (Lipinski definition) is 0. The molecule has 1 aromatic carbocycles. The summed E-state index contributed by atoms with van der Waals surface area (Å²) < 4.78 is 38.5. The van der Waals surface area contributed by atoms with Gasteiger partial charge in [0.05, 0.1) is 32.1 Å². The lowest BCUT2D eigenvalue weighted by atomic mass is 10.0. The molecule has 2 aromatic rings. The predicted molar refractivity (Wildman–Crippen MR) is 127 cm³/mol. The van der Waals surface area contributed by atoms with Crippen LogP contribution in [0.2, 0.25) is 0 Å². The molecule has 3 heterocycles. The minimum Gasteiger partial charge on any atom is -0.478 e. The van der Waals surface area contributed by atoms with Crippen LogP contribution in [-0.4, -0.2) is 50.3 Å². The fourth-order valence-electron chi connectivity index (χ4n) is 4.27. The Bertz CT molecular complexity index is 907. The molecule has 0 saturated carbocycles. The summed E-state index contributed by atoms with van der Waals surface area (Å²) in [4.78, 5) is 6.64. The van der Waals surface area contributed by atoms with E-state index in [1.54, 1.807) is 6.07 Å². The van der Waals surface area contributed by atoms with Crippen molar-refractivity contribution in [3.63, 3.8) is 0 Å². The van der Waals surface area contributed by atoms with E-state index in [0.29, 0.717) is 57.0 Å². The minimum atomic E-state index is -0.468. The van der Waals surface area contributed by atoms with Crippen LogP contribution >= 0.6 is 0 Å². The molecule has 1 spiro atoms. The number of aromatic nitrogens is 1. The fourth-order valence-corrected chi connectivity index (χ4v) is 4.27. The Morgan fingerprint density at radius 2 is 1.67 bits per heavy atom. The first kappa shape index (κ1) is 23.8. The van der Waals surface area contributed by atoms with E-state index < -0.39 is 5.79 Å². The highest BCUT2D eigenvalue weighted by atomic mass is 19.1. The van der Waals surface area contributed by atoms with Crippen LogP contribution in [0.4, 0.5) is 10.1 Å². The topological polar surface area (TPSA) is 53.1 Å². The molecule has 2 aliphatic heterocycles. The van der Waals surface area contributed by atoms with Gasteiger partial charge in [0.2, 0.25) is 11.8 Å². The molecule has 6 nitrogen and oxygen atoms in total. The zero-order valence-electron chi connectivity index (χ0n) is 19.8. The summed E-state index contributed by atoms with van der Waals surface area (Å²) in [5, 5.41) is 0. The molecule has 2 saturated heterocycles. The highest BCUT2D eigenvalue weighted by Gasteiger charge is 2.40. The first-order valence-corrected chi connectivity index (χ1v) is 12.2. The lowest BCUT2D eigenvalue weighted by Gasteiger charge is -2.38. The van der Waals surface area contributed by atoms with Gasteiger partial charge in [-0.25, -0.2) is 4.39 Å². The van der Waals surface area contributed by atoms with Crippen LogP contribution in [0.5, 0.6) is 11.8 Å². The van der Waals surface area contributed by atoms with E-state index >= 15 is 4.39 Å². The van der Waals surface area contributed by atoms with E-state index in [2.05, 4.69) is 23.7 Å². The molecule has 0 amide bonds. The summed E-state index contributed by atoms with van der Waals surface area (Å²) in [7, 11) is 0. The summed E-state index contributed by atoms with van der Waals surface area (Å²) in [5.41, 5.74) is 2.11. The van der Waals surface area contributed by atoms with Crippen LogP contribution < -0.4 is 14.4 Å². The number of anilines is 1. The standard InChI is InChI=1S/C26H35FN2O4/c1-3-5-15-30-24-10-8-21(25(28-24)31-16-6-4-2)20-7-9-23(22(27)19-20)29-13-11-26(12-14-29)32-17-18-33-26/h7-10,19H,3-6,11-18H2,1-2H3. The van der Waals surface area contributed by atoms with Gasteiger partial charge in [-0.05, 0) is 36.6 Å². The average molecular weight is 459 g/mol. The van der Waals surface area contributed by atoms with Crippen LogP contribution in [0.25, 0.3) is 11.1 Å². The Morgan fingerprint density at radius 3 is 2.33 bits per heavy atom. The lowest BCUT2D eigenvalue weighted by Crippen LogP contribution is -2.45. The predicted octanol–water partition coefficient (Wildman–Crippen LogP) is 5.59. The molecule has 0 N–H and O–H groups in total. The molecule has 0 aliphatic carbocycles. The van der Waals surface area contributed by atoms with Crippen LogP contribution in [-0.2, 0) is 9.47 Å². The van der Waals surface area contributed by atoms with E-state index in [4.69, 9.17) is 18.9 Å². The third-order valence-electron chi connectivity index (χ3n) is 6.26. The summed E-state index contributed by atoms with van der Waals surface area (Å²) in [6, 6.07) is 9.09. The number of piperidine rings is 1. The SMILES string of the molecule is CCCCOc1ccc(-c2ccc(N3CCC4(CC3)OCCO4)c(F)c2)c(OCCCC)n1. The first-order valence-electron chi connectivity index (χ1n) is 12.2. The van der Waals surface area contributed by atoms with Crippen molar-refractivity contribution >= 4 is 5.69 Å². The van der Waals surface area contributed by atoms with Crippen molar-refractivity contribution in [3.05, 3.63) is 36.1 Å². The maximum Gasteiger partial charge on any atom is 0.224 e. The number of halogens is 1. The van der Waals surface area contributed by atoms with Crippen molar-refractivity contribution in [3.8, 4) is 22.9 Å². The summed E-state index contributed by atoms with van der Waals surface area (Å²) in [6.07, 6.45) is 5.47. The van der Waals surface area contributed by atoms with Gasteiger partial charge in [0, 0.05) is 37.6 Å². The van der Waals surface area contributed by atoms with Crippen molar-refractivity contribution in [1.82, 2.24) is 4.98 Å². The maximum atomic E-state index is 15.2. The molecule has 33 heavy (non-hydrogen) atoms. The van der Waals surface area contributed by atoms with E-state index in [1.807, 2.05) is 24.3 Å². The van der Waals surface area contributed by atoms with Crippen LogP contribution in [0.15, 0.2) is 30.3 Å². The van der Waals surface area contributed by atoms with Crippen molar-refractivity contribution in [2.45, 2.75) is 58.2 Å². The summed E-state index contributed by atoms with van der Waals surface area (Å²) >= 11 is 0. The van der Waals surface area contributed by atoms with E-state index in [1.165, 1.54) is 0 Å². The lowest BCUT2D eigenvalue weighted by molar-refractivity contribution is -0.169. The van der Waals surface area contributed by atoms with E-state index in [0.717, 1.165) is 49.7 Å². The van der Waals surface area contributed by atoms with Crippen molar-refractivity contribution in [1.29, 1.82) is 0 Å². The van der Waals surface area contributed by atoms with Crippen molar-refractivity contribution in [2.24, 2.45) is 0 Å². The molecule has 7 heteroatoms. The Hall–Kier alpha value is -2.38. The molecule has 0 radical (unpaired) electrons. The monoisotopic (exact) mass is 458 g/mol. The number of nitrogens with zero attached hydrogens (tertiary/aromatic N) is 2. The Labute approximate surface area is 196 Å². The third kappa shape index (κ3) is 5.76. The Balaban J connectivity index is 1.51. The van der Waals surface area contributed by atoms with Crippen LogP contribution in [0.3, 0.4) is 0 Å². The third-order valence-corrected chi connectivity index (χ3v) is 6.26. The number of hydrogen-bond acceptors (Lipinski definition) is 6. The van der Waals surface area contributed by atoms with Gasteiger partial charge in [0.1, 0.15) is 5.82 Å². The van der Waals surface area contributed by atoms with Gasteiger partial charge in [-0.2, -0.15) is 4.98 Å². The zero-order chi connectivity index (χ0) is 23.1. The van der Waals surface area contributed by atoms with Crippen LogP contribution in [0.1, 0.15) is 52.4 Å². The van der Waals surface area contributed by atoms with Crippen LogP contribution in [0, 0.1) is 5.82 Å². The van der Waals surface area contributed by atoms with Gasteiger partial charge in [0.25, 0.3) is 0 Å². The smallest absolute Gasteiger partial charge is 0.224 e. The average Bonchev–Trinajstić information content (AvgIpc) is 3.28. The van der Waals surface area contributed by atoms with Gasteiger partial charge in [-0.3, -0.25) is 0 Å². The maximum absolute atomic E-state index is 15.2. The van der Waals surface area contributed by atoms with Gasteiger partial charge >= 0.3 is 0 Å². The van der Waals surface area contributed by atoms with E-state index in [9.17, 15) is 0 Å².